The Morgan fingerprint density at radius 2 is 1.81 bits per heavy atom. The van der Waals surface area contributed by atoms with Crippen molar-refractivity contribution in [3.8, 4) is 11.8 Å². The van der Waals surface area contributed by atoms with Gasteiger partial charge in [0.05, 0.1) is 11.6 Å². The summed E-state index contributed by atoms with van der Waals surface area (Å²) in [7, 11) is 0. The predicted octanol–water partition coefficient (Wildman–Crippen LogP) is 2.32. The van der Waals surface area contributed by atoms with Crippen LogP contribution in [0.2, 0.25) is 0 Å². The van der Waals surface area contributed by atoms with Crippen molar-refractivity contribution in [1.82, 2.24) is 10.6 Å². The van der Waals surface area contributed by atoms with E-state index in [-0.39, 0.29) is 24.6 Å². The normalized spacial score (nSPS) is 11.2. The van der Waals surface area contributed by atoms with E-state index in [0.717, 1.165) is 0 Å². The molecule has 0 saturated carbocycles. The molecule has 2 N–H and O–H groups in total. The number of ether oxygens (including phenoxy) is 1. The van der Waals surface area contributed by atoms with Crippen molar-refractivity contribution in [2.24, 2.45) is 0 Å². The maximum Gasteiger partial charge on any atom is 0.260 e. The Hall–Kier alpha value is -3.40. The first-order valence-corrected chi connectivity index (χ1v) is 8.39. The van der Waals surface area contributed by atoms with Gasteiger partial charge in [-0.25, -0.2) is 4.39 Å². The fourth-order valence-corrected chi connectivity index (χ4v) is 2.21. The maximum absolute atomic E-state index is 13.5. The zero-order valence-corrected chi connectivity index (χ0v) is 15.1. The number of carbonyl (C=O) groups excluding carboxylic acids is 2. The quantitative estimate of drug-likeness (QED) is 0.733. The Morgan fingerprint density at radius 3 is 2.44 bits per heavy atom. The van der Waals surface area contributed by atoms with Crippen molar-refractivity contribution in [3.63, 3.8) is 0 Å². The van der Waals surface area contributed by atoms with E-state index in [1.54, 1.807) is 44.2 Å². The Morgan fingerprint density at radius 1 is 1.15 bits per heavy atom. The van der Waals surface area contributed by atoms with Gasteiger partial charge >= 0.3 is 0 Å². The summed E-state index contributed by atoms with van der Waals surface area (Å²) in [5, 5.41) is 14.0. The van der Waals surface area contributed by atoms with Crippen LogP contribution in [0.1, 0.15) is 28.4 Å². The SMILES string of the molecule is Cc1ccc(C(=O)NCCNC(=O)C(C)Oc2ccc(C#N)cc2)cc1F. The number of carbonyl (C=O) groups is 2. The van der Waals surface area contributed by atoms with Gasteiger partial charge in [0.1, 0.15) is 11.6 Å². The molecule has 0 aliphatic rings. The molecule has 140 valence electrons. The second-order valence-electron chi connectivity index (χ2n) is 5.91. The zero-order valence-electron chi connectivity index (χ0n) is 15.1. The molecule has 0 aliphatic carbocycles. The molecule has 27 heavy (non-hydrogen) atoms. The van der Waals surface area contributed by atoms with Crippen molar-refractivity contribution < 1.29 is 18.7 Å². The van der Waals surface area contributed by atoms with E-state index in [1.165, 1.54) is 12.1 Å². The number of hydrogen-bond donors (Lipinski definition) is 2. The number of amides is 2. The lowest BCUT2D eigenvalue weighted by atomic mass is 10.1. The smallest absolute Gasteiger partial charge is 0.260 e. The molecule has 1 atom stereocenters. The van der Waals surface area contributed by atoms with Crippen LogP contribution in [-0.4, -0.2) is 31.0 Å². The van der Waals surface area contributed by atoms with E-state index in [2.05, 4.69) is 10.6 Å². The average molecular weight is 369 g/mol. The summed E-state index contributed by atoms with van der Waals surface area (Å²) in [5.74, 6) is -0.712. The van der Waals surface area contributed by atoms with Gasteiger partial charge in [-0.2, -0.15) is 5.26 Å². The summed E-state index contributed by atoms with van der Waals surface area (Å²) in [6, 6.07) is 12.7. The van der Waals surface area contributed by atoms with Crippen LogP contribution in [0.15, 0.2) is 42.5 Å². The number of aryl methyl sites for hydroxylation is 1. The highest BCUT2D eigenvalue weighted by atomic mass is 19.1. The highest BCUT2D eigenvalue weighted by Crippen LogP contribution is 2.13. The molecule has 1 unspecified atom stereocenters. The van der Waals surface area contributed by atoms with E-state index in [0.29, 0.717) is 16.9 Å². The van der Waals surface area contributed by atoms with Crippen molar-refractivity contribution in [3.05, 3.63) is 65.0 Å². The molecule has 0 aliphatic heterocycles. The fourth-order valence-electron chi connectivity index (χ4n) is 2.21. The first-order valence-electron chi connectivity index (χ1n) is 8.39. The zero-order chi connectivity index (χ0) is 19.8. The van der Waals surface area contributed by atoms with Gasteiger partial charge in [-0.3, -0.25) is 9.59 Å². The standard InChI is InChI=1S/C20H20FN3O3/c1-13-3-6-16(11-18(13)21)20(26)24-10-9-23-19(25)14(2)27-17-7-4-15(12-22)5-8-17/h3-8,11,14H,9-10H2,1-2H3,(H,23,25)(H,24,26). The minimum atomic E-state index is -0.736. The van der Waals surface area contributed by atoms with Crippen molar-refractivity contribution in [2.45, 2.75) is 20.0 Å². The molecule has 0 bridgehead atoms. The highest BCUT2D eigenvalue weighted by Gasteiger charge is 2.14. The lowest BCUT2D eigenvalue weighted by molar-refractivity contribution is -0.127. The number of nitrogens with zero attached hydrogens (tertiary/aromatic N) is 1. The topological polar surface area (TPSA) is 91.2 Å². The third-order valence-electron chi connectivity index (χ3n) is 3.81. The van der Waals surface area contributed by atoms with E-state index in [9.17, 15) is 14.0 Å². The van der Waals surface area contributed by atoms with Gasteiger partial charge in [0.2, 0.25) is 0 Å². The van der Waals surface area contributed by atoms with Crippen LogP contribution in [0.5, 0.6) is 5.75 Å². The van der Waals surface area contributed by atoms with Gasteiger partial charge in [0.15, 0.2) is 6.10 Å². The first-order chi connectivity index (χ1) is 12.9. The molecule has 0 aromatic heterocycles. The first kappa shape index (κ1) is 19.9. The van der Waals surface area contributed by atoms with Gasteiger partial charge < -0.3 is 15.4 Å². The van der Waals surface area contributed by atoms with Crippen LogP contribution in [0.3, 0.4) is 0 Å². The number of benzene rings is 2. The molecule has 7 heteroatoms. The van der Waals surface area contributed by atoms with Gasteiger partial charge in [-0.1, -0.05) is 6.07 Å². The minimum Gasteiger partial charge on any atom is -0.481 e. The third kappa shape index (κ3) is 5.82. The summed E-state index contributed by atoms with van der Waals surface area (Å²) in [6.07, 6.45) is -0.736. The molecule has 6 nitrogen and oxygen atoms in total. The van der Waals surface area contributed by atoms with E-state index < -0.39 is 17.8 Å². The second-order valence-corrected chi connectivity index (χ2v) is 5.91. The summed E-state index contributed by atoms with van der Waals surface area (Å²) in [4.78, 5) is 24.0. The van der Waals surface area contributed by atoms with Gasteiger partial charge in [0.25, 0.3) is 11.8 Å². The Balaban J connectivity index is 1.73. The van der Waals surface area contributed by atoms with Crippen molar-refractivity contribution in [1.29, 1.82) is 5.26 Å². The minimum absolute atomic E-state index is 0.198. The van der Waals surface area contributed by atoms with Gasteiger partial charge in [0, 0.05) is 18.7 Å². The summed E-state index contributed by atoms with van der Waals surface area (Å²) < 4.78 is 19.0. The average Bonchev–Trinajstić information content (AvgIpc) is 2.67. The number of hydrogen-bond acceptors (Lipinski definition) is 4. The lowest BCUT2D eigenvalue weighted by Gasteiger charge is -2.15. The maximum atomic E-state index is 13.5. The second kappa shape index (κ2) is 9.34. The molecule has 0 heterocycles. The molecule has 2 amide bonds. The van der Waals surface area contributed by atoms with Crippen LogP contribution in [0.4, 0.5) is 4.39 Å². The largest absolute Gasteiger partial charge is 0.481 e. The molecule has 0 saturated heterocycles. The van der Waals surface area contributed by atoms with Crippen LogP contribution in [-0.2, 0) is 4.79 Å². The van der Waals surface area contributed by atoms with Gasteiger partial charge in [-0.05, 0) is 55.8 Å². The highest BCUT2D eigenvalue weighted by molar-refractivity contribution is 5.94. The Kier molecular flexibility index (Phi) is 6.89. The molecule has 0 fully saturated rings. The summed E-state index contributed by atoms with van der Waals surface area (Å²) in [6.45, 7) is 3.62. The van der Waals surface area contributed by atoms with E-state index in [4.69, 9.17) is 10.00 Å². The van der Waals surface area contributed by atoms with Crippen LogP contribution >= 0.6 is 0 Å². The summed E-state index contributed by atoms with van der Waals surface area (Å²) >= 11 is 0. The van der Waals surface area contributed by atoms with Gasteiger partial charge in [-0.15, -0.1) is 0 Å². The molecule has 0 radical (unpaired) electrons. The van der Waals surface area contributed by atoms with Crippen molar-refractivity contribution in [2.75, 3.05) is 13.1 Å². The molecular weight excluding hydrogens is 349 g/mol. The summed E-state index contributed by atoms with van der Waals surface area (Å²) in [5.41, 5.74) is 1.20. The molecule has 0 spiro atoms. The van der Waals surface area contributed by atoms with Crippen LogP contribution in [0.25, 0.3) is 0 Å². The molecule has 2 rings (SSSR count). The number of nitriles is 1. The Labute approximate surface area is 157 Å². The number of nitrogens with one attached hydrogen (secondary N) is 2. The molecule has 2 aromatic carbocycles. The third-order valence-corrected chi connectivity index (χ3v) is 3.81. The number of halogens is 1. The van der Waals surface area contributed by atoms with E-state index >= 15 is 0 Å². The molecule has 2 aromatic rings. The van der Waals surface area contributed by atoms with Crippen molar-refractivity contribution >= 4 is 11.8 Å². The fraction of sp³-hybridized carbons (Fsp3) is 0.250. The van der Waals surface area contributed by atoms with Crippen LogP contribution < -0.4 is 15.4 Å². The predicted molar refractivity (Wildman–Crippen MR) is 97.7 cm³/mol. The lowest BCUT2D eigenvalue weighted by Crippen LogP contribution is -2.40. The van der Waals surface area contributed by atoms with E-state index in [1.807, 2.05) is 6.07 Å². The monoisotopic (exact) mass is 369 g/mol. The number of rotatable bonds is 7. The van der Waals surface area contributed by atoms with Crippen LogP contribution in [0, 0.1) is 24.1 Å². The molecular formula is C20H20FN3O3. The Bertz CT molecular complexity index is 860.